The molecule has 1 aromatic rings. The molecule has 1 aromatic carbocycles. The van der Waals surface area contributed by atoms with E-state index in [9.17, 15) is 9.18 Å². The third kappa shape index (κ3) is 2.98. The summed E-state index contributed by atoms with van der Waals surface area (Å²) in [5.74, 6) is -0.787. The summed E-state index contributed by atoms with van der Waals surface area (Å²) < 4.78 is 18.6. The first kappa shape index (κ1) is 13.3. The van der Waals surface area contributed by atoms with Gasteiger partial charge in [0.15, 0.2) is 0 Å². The number of benzene rings is 1. The first-order chi connectivity index (χ1) is 8.60. The number of hydrogen-bond donors (Lipinski definition) is 2. The molecule has 0 bridgehead atoms. The lowest BCUT2D eigenvalue weighted by Crippen LogP contribution is -2.35. The minimum absolute atomic E-state index is 0.0185. The van der Waals surface area contributed by atoms with Crippen molar-refractivity contribution in [3.8, 4) is 0 Å². The Hall–Kier alpha value is -1.17. The van der Waals surface area contributed by atoms with Crippen LogP contribution in [0.1, 0.15) is 6.42 Å². The number of carbonyl (C=O) groups is 1. The van der Waals surface area contributed by atoms with Gasteiger partial charge in [0, 0.05) is 18.7 Å². The van der Waals surface area contributed by atoms with Crippen LogP contribution in [0.15, 0.2) is 18.2 Å². The smallest absolute Gasteiger partial charge is 0.241 e. The van der Waals surface area contributed by atoms with Gasteiger partial charge in [-0.1, -0.05) is 11.6 Å². The fourth-order valence-corrected chi connectivity index (χ4v) is 2.07. The van der Waals surface area contributed by atoms with E-state index in [2.05, 4.69) is 10.6 Å². The van der Waals surface area contributed by atoms with Crippen molar-refractivity contribution in [1.29, 1.82) is 0 Å². The van der Waals surface area contributed by atoms with Crippen molar-refractivity contribution in [1.82, 2.24) is 5.32 Å². The number of nitrogens with one attached hydrogen (secondary N) is 2. The van der Waals surface area contributed by atoms with Gasteiger partial charge >= 0.3 is 0 Å². The van der Waals surface area contributed by atoms with Crippen LogP contribution in [-0.2, 0) is 9.53 Å². The Kier molecular flexibility index (Phi) is 4.16. The summed E-state index contributed by atoms with van der Waals surface area (Å²) in [7, 11) is 1.60. The molecule has 1 heterocycles. The lowest BCUT2D eigenvalue weighted by molar-refractivity contribution is -0.118. The van der Waals surface area contributed by atoms with Gasteiger partial charge in [-0.15, -0.1) is 0 Å². The lowest BCUT2D eigenvalue weighted by atomic mass is 10.2. The van der Waals surface area contributed by atoms with Gasteiger partial charge < -0.3 is 15.4 Å². The highest BCUT2D eigenvalue weighted by atomic mass is 35.5. The Balaban J connectivity index is 2.01. The van der Waals surface area contributed by atoms with Gasteiger partial charge in [-0.3, -0.25) is 4.79 Å². The maximum Gasteiger partial charge on any atom is 0.241 e. The normalized spacial score (nSPS) is 23.1. The summed E-state index contributed by atoms with van der Waals surface area (Å²) in [6, 6.07) is 3.67. The SMILES string of the molecule is COC1CNC(C(=O)Nc2cc(Cl)ccc2F)C1. The first-order valence-corrected chi connectivity index (χ1v) is 6.00. The molecule has 0 aromatic heterocycles. The van der Waals surface area contributed by atoms with Gasteiger partial charge in [0.05, 0.1) is 17.8 Å². The van der Waals surface area contributed by atoms with Gasteiger partial charge in [-0.2, -0.15) is 0 Å². The minimum atomic E-state index is -0.506. The maximum atomic E-state index is 13.4. The van der Waals surface area contributed by atoms with E-state index in [1.54, 1.807) is 7.11 Å². The zero-order valence-corrected chi connectivity index (χ0v) is 10.6. The van der Waals surface area contributed by atoms with Crippen molar-refractivity contribution in [2.45, 2.75) is 18.6 Å². The van der Waals surface area contributed by atoms with Crippen molar-refractivity contribution < 1.29 is 13.9 Å². The van der Waals surface area contributed by atoms with Gasteiger partial charge in [0.1, 0.15) is 5.82 Å². The van der Waals surface area contributed by atoms with E-state index in [-0.39, 0.29) is 23.7 Å². The molecule has 1 saturated heterocycles. The summed E-state index contributed by atoms with van der Waals surface area (Å²) in [6.45, 7) is 0.618. The number of rotatable bonds is 3. The Labute approximate surface area is 109 Å². The summed E-state index contributed by atoms with van der Waals surface area (Å²) >= 11 is 5.75. The summed E-state index contributed by atoms with van der Waals surface area (Å²) in [5, 5.41) is 5.92. The molecule has 1 amide bonds. The van der Waals surface area contributed by atoms with Crippen LogP contribution in [0.5, 0.6) is 0 Å². The second kappa shape index (κ2) is 5.65. The zero-order valence-electron chi connectivity index (χ0n) is 9.87. The molecular formula is C12H14ClFN2O2. The van der Waals surface area contributed by atoms with E-state index in [0.29, 0.717) is 18.0 Å². The molecular weight excluding hydrogens is 259 g/mol. The quantitative estimate of drug-likeness (QED) is 0.882. The lowest BCUT2D eigenvalue weighted by Gasteiger charge is -2.12. The van der Waals surface area contributed by atoms with Crippen LogP contribution >= 0.6 is 11.6 Å². The highest BCUT2D eigenvalue weighted by Crippen LogP contribution is 2.20. The number of carbonyl (C=O) groups excluding carboxylic acids is 1. The predicted molar refractivity (Wildman–Crippen MR) is 67.2 cm³/mol. The molecule has 0 spiro atoms. The maximum absolute atomic E-state index is 13.4. The number of ether oxygens (including phenoxy) is 1. The molecule has 0 radical (unpaired) electrons. The summed E-state index contributed by atoms with van der Waals surface area (Å²) in [4.78, 5) is 11.9. The molecule has 4 nitrogen and oxygen atoms in total. The third-order valence-electron chi connectivity index (χ3n) is 2.93. The monoisotopic (exact) mass is 272 g/mol. The highest BCUT2D eigenvalue weighted by Gasteiger charge is 2.29. The van der Waals surface area contributed by atoms with Gasteiger partial charge in [0.25, 0.3) is 0 Å². The standard InChI is InChI=1S/C12H14ClFN2O2/c1-18-8-5-11(15-6-8)12(17)16-10-4-7(13)2-3-9(10)14/h2-4,8,11,15H,5-6H2,1H3,(H,16,17). The average Bonchev–Trinajstić information content (AvgIpc) is 2.82. The van der Waals surface area contributed by atoms with Crippen molar-refractivity contribution in [2.24, 2.45) is 0 Å². The number of methoxy groups -OCH3 is 1. The average molecular weight is 273 g/mol. The van der Waals surface area contributed by atoms with Crippen molar-refractivity contribution in [3.05, 3.63) is 29.0 Å². The molecule has 1 aliphatic rings. The van der Waals surface area contributed by atoms with Crippen molar-refractivity contribution in [3.63, 3.8) is 0 Å². The Morgan fingerprint density at radius 1 is 1.61 bits per heavy atom. The fourth-order valence-electron chi connectivity index (χ4n) is 1.90. The van der Waals surface area contributed by atoms with Crippen LogP contribution in [-0.4, -0.2) is 31.7 Å². The third-order valence-corrected chi connectivity index (χ3v) is 3.16. The molecule has 6 heteroatoms. The van der Waals surface area contributed by atoms with E-state index < -0.39 is 5.82 Å². The number of amides is 1. The van der Waals surface area contributed by atoms with Gasteiger partial charge in [0.2, 0.25) is 5.91 Å². The van der Waals surface area contributed by atoms with Gasteiger partial charge in [-0.25, -0.2) is 4.39 Å². The van der Waals surface area contributed by atoms with Crippen LogP contribution < -0.4 is 10.6 Å². The van der Waals surface area contributed by atoms with Crippen LogP contribution in [0.25, 0.3) is 0 Å². The van der Waals surface area contributed by atoms with E-state index in [1.807, 2.05) is 0 Å². The molecule has 1 fully saturated rings. The zero-order chi connectivity index (χ0) is 13.1. The molecule has 18 heavy (non-hydrogen) atoms. The number of halogens is 2. The van der Waals surface area contributed by atoms with E-state index in [1.165, 1.54) is 18.2 Å². The van der Waals surface area contributed by atoms with Crippen LogP contribution in [0.3, 0.4) is 0 Å². The molecule has 1 aliphatic heterocycles. The van der Waals surface area contributed by atoms with Crippen LogP contribution in [0.2, 0.25) is 5.02 Å². The fraction of sp³-hybridized carbons (Fsp3) is 0.417. The van der Waals surface area contributed by atoms with Crippen LogP contribution in [0, 0.1) is 5.82 Å². The number of anilines is 1. The second-order valence-electron chi connectivity index (χ2n) is 4.17. The largest absolute Gasteiger partial charge is 0.380 e. The van der Waals surface area contributed by atoms with E-state index in [4.69, 9.17) is 16.3 Å². The molecule has 0 saturated carbocycles. The Morgan fingerprint density at radius 2 is 2.39 bits per heavy atom. The van der Waals surface area contributed by atoms with Crippen molar-refractivity contribution in [2.75, 3.05) is 19.0 Å². The first-order valence-electron chi connectivity index (χ1n) is 5.62. The van der Waals surface area contributed by atoms with Crippen molar-refractivity contribution >= 4 is 23.2 Å². The van der Waals surface area contributed by atoms with Crippen LogP contribution in [0.4, 0.5) is 10.1 Å². The van der Waals surface area contributed by atoms with Gasteiger partial charge in [-0.05, 0) is 24.6 Å². The molecule has 0 aliphatic carbocycles. The second-order valence-corrected chi connectivity index (χ2v) is 4.60. The molecule has 2 atom stereocenters. The molecule has 2 unspecified atom stereocenters. The predicted octanol–water partition coefficient (Wildman–Crippen LogP) is 1.79. The topological polar surface area (TPSA) is 50.4 Å². The Bertz CT molecular complexity index is 456. The highest BCUT2D eigenvalue weighted by molar-refractivity contribution is 6.30. The molecule has 98 valence electrons. The Morgan fingerprint density at radius 3 is 3.06 bits per heavy atom. The molecule has 2 N–H and O–H groups in total. The minimum Gasteiger partial charge on any atom is -0.380 e. The number of hydrogen-bond acceptors (Lipinski definition) is 3. The summed E-state index contributed by atoms with van der Waals surface area (Å²) in [5.41, 5.74) is 0.0927. The van der Waals surface area contributed by atoms with E-state index in [0.717, 1.165) is 0 Å². The summed E-state index contributed by atoms with van der Waals surface area (Å²) in [6.07, 6.45) is 0.592. The van der Waals surface area contributed by atoms with E-state index >= 15 is 0 Å². The molecule has 2 rings (SSSR count).